The van der Waals surface area contributed by atoms with E-state index in [1.807, 2.05) is 0 Å². The summed E-state index contributed by atoms with van der Waals surface area (Å²) < 4.78 is 9.85. The molecule has 144 valence electrons. The molecule has 1 saturated carbocycles. The van der Waals surface area contributed by atoms with E-state index < -0.39 is 5.97 Å². The van der Waals surface area contributed by atoms with E-state index in [9.17, 15) is 14.4 Å². The number of hydrogen-bond acceptors (Lipinski definition) is 7. The second-order valence-electron chi connectivity index (χ2n) is 6.32. The van der Waals surface area contributed by atoms with Crippen LogP contribution in [0.3, 0.4) is 0 Å². The molecule has 1 fully saturated rings. The maximum absolute atomic E-state index is 12.1. The molecule has 0 radical (unpaired) electrons. The van der Waals surface area contributed by atoms with Crippen LogP contribution in [0, 0.1) is 6.92 Å². The van der Waals surface area contributed by atoms with Crippen molar-refractivity contribution in [1.82, 2.24) is 10.1 Å². The first kappa shape index (κ1) is 20.3. The molecule has 1 aliphatic carbocycles. The van der Waals surface area contributed by atoms with Gasteiger partial charge < -0.3 is 19.5 Å². The first-order valence-electron chi connectivity index (χ1n) is 8.68. The molecule has 8 nitrogen and oxygen atoms in total. The van der Waals surface area contributed by atoms with E-state index >= 15 is 0 Å². The predicted octanol–water partition coefficient (Wildman–Crippen LogP) is 1.99. The Labute approximate surface area is 157 Å². The molecule has 0 aromatic carbocycles. The predicted molar refractivity (Wildman–Crippen MR) is 97.8 cm³/mol. The molecule has 0 unspecified atom stereocenters. The lowest BCUT2D eigenvalue weighted by molar-refractivity contribution is -0.150. The fourth-order valence-corrected chi connectivity index (χ4v) is 3.40. The maximum Gasteiger partial charge on any atom is 0.316 e. The van der Waals surface area contributed by atoms with Crippen molar-refractivity contribution in [2.75, 3.05) is 30.5 Å². The lowest BCUT2D eigenvalue weighted by atomic mass is 9.94. The molecular weight excluding hydrogens is 358 g/mol. The van der Waals surface area contributed by atoms with Gasteiger partial charge in [-0.05, 0) is 19.8 Å². The lowest BCUT2D eigenvalue weighted by Crippen LogP contribution is -2.40. The number of anilines is 1. The SMILES string of the molecule is Cc1cc(NC(=O)CSCC(=O)OCC(=O)N(C)C2CCCCC2)no1. The van der Waals surface area contributed by atoms with Crippen molar-refractivity contribution in [3.8, 4) is 0 Å². The van der Waals surface area contributed by atoms with Crippen LogP contribution >= 0.6 is 11.8 Å². The van der Waals surface area contributed by atoms with Gasteiger partial charge in [0.05, 0.1) is 11.5 Å². The molecule has 0 saturated heterocycles. The van der Waals surface area contributed by atoms with Crippen LogP contribution in [-0.4, -0.2) is 59.0 Å². The zero-order chi connectivity index (χ0) is 18.9. The standard InChI is InChI=1S/C17H25N3O5S/c1-12-8-14(19-25-12)18-15(21)10-26-11-17(23)24-9-16(22)20(2)13-6-4-3-5-7-13/h8,13H,3-7,9-11H2,1-2H3,(H,18,19,21). The highest BCUT2D eigenvalue weighted by atomic mass is 32.2. The topological polar surface area (TPSA) is 102 Å². The molecule has 1 N–H and O–H groups in total. The smallest absolute Gasteiger partial charge is 0.316 e. The van der Waals surface area contributed by atoms with Gasteiger partial charge in [-0.2, -0.15) is 0 Å². The quantitative estimate of drug-likeness (QED) is 0.685. The average molecular weight is 383 g/mol. The van der Waals surface area contributed by atoms with Crippen molar-refractivity contribution in [3.63, 3.8) is 0 Å². The van der Waals surface area contributed by atoms with Crippen LogP contribution in [0.25, 0.3) is 0 Å². The van der Waals surface area contributed by atoms with Crippen LogP contribution in [0.1, 0.15) is 37.9 Å². The molecule has 26 heavy (non-hydrogen) atoms. The van der Waals surface area contributed by atoms with Crippen molar-refractivity contribution in [2.24, 2.45) is 0 Å². The molecule has 0 spiro atoms. The highest BCUT2D eigenvalue weighted by Crippen LogP contribution is 2.21. The summed E-state index contributed by atoms with van der Waals surface area (Å²) in [6.45, 7) is 1.47. The third-order valence-corrected chi connectivity index (χ3v) is 5.13. The number of carbonyl (C=O) groups is 3. The number of carbonyl (C=O) groups excluding carboxylic acids is 3. The Kier molecular flexibility index (Phi) is 7.96. The summed E-state index contributed by atoms with van der Waals surface area (Å²) in [5.41, 5.74) is 0. The fraction of sp³-hybridized carbons (Fsp3) is 0.647. The van der Waals surface area contributed by atoms with Crippen molar-refractivity contribution >= 4 is 35.4 Å². The maximum atomic E-state index is 12.1. The van der Waals surface area contributed by atoms with Gasteiger partial charge in [0.15, 0.2) is 12.4 Å². The van der Waals surface area contributed by atoms with E-state index in [-0.39, 0.29) is 36.0 Å². The number of likely N-dealkylation sites (N-methyl/N-ethyl adjacent to an activating group) is 1. The van der Waals surface area contributed by atoms with E-state index in [0.717, 1.165) is 37.4 Å². The Hall–Kier alpha value is -2.03. The van der Waals surface area contributed by atoms with E-state index in [2.05, 4.69) is 10.5 Å². The molecule has 0 atom stereocenters. The van der Waals surface area contributed by atoms with Crippen LogP contribution in [0.4, 0.5) is 5.82 Å². The molecule has 1 aliphatic rings. The van der Waals surface area contributed by atoms with Gasteiger partial charge in [0, 0.05) is 19.2 Å². The Balaban J connectivity index is 1.59. The first-order chi connectivity index (χ1) is 12.5. The molecule has 9 heteroatoms. The normalized spacial score (nSPS) is 14.7. The van der Waals surface area contributed by atoms with Crippen LogP contribution in [-0.2, 0) is 19.1 Å². The lowest BCUT2D eigenvalue weighted by Gasteiger charge is -2.31. The highest BCUT2D eigenvalue weighted by Gasteiger charge is 2.22. The van der Waals surface area contributed by atoms with E-state index in [1.165, 1.54) is 6.42 Å². The summed E-state index contributed by atoms with van der Waals surface area (Å²) in [6.07, 6.45) is 5.50. The van der Waals surface area contributed by atoms with Crippen molar-refractivity contribution < 1.29 is 23.6 Å². The highest BCUT2D eigenvalue weighted by molar-refractivity contribution is 8.00. The van der Waals surface area contributed by atoms with Crippen LogP contribution < -0.4 is 5.32 Å². The Morgan fingerprint density at radius 2 is 2.04 bits per heavy atom. The third-order valence-electron chi connectivity index (χ3n) is 4.22. The molecule has 2 amide bonds. The van der Waals surface area contributed by atoms with Crippen LogP contribution in [0.5, 0.6) is 0 Å². The number of amides is 2. The third kappa shape index (κ3) is 6.70. The number of nitrogens with one attached hydrogen (secondary N) is 1. The Morgan fingerprint density at radius 1 is 1.31 bits per heavy atom. The summed E-state index contributed by atoms with van der Waals surface area (Å²) in [6, 6.07) is 1.85. The minimum absolute atomic E-state index is 0.00564. The number of nitrogens with zero attached hydrogens (tertiary/aromatic N) is 2. The van der Waals surface area contributed by atoms with E-state index in [0.29, 0.717) is 11.6 Å². The Bertz CT molecular complexity index is 628. The number of esters is 1. The Morgan fingerprint density at radius 3 is 2.69 bits per heavy atom. The monoisotopic (exact) mass is 383 g/mol. The van der Waals surface area contributed by atoms with Gasteiger partial charge in [-0.15, -0.1) is 11.8 Å². The summed E-state index contributed by atoms with van der Waals surface area (Å²) in [7, 11) is 1.76. The minimum Gasteiger partial charge on any atom is -0.455 e. The van der Waals surface area contributed by atoms with Gasteiger partial charge in [0.2, 0.25) is 5.91 Å². The number of thioether (sulfide) groups is 1. The number of aryl methyl sites for hydroxylation is 1. The van der Waals surface area contributed by atoms with Crippen molar-refractivity contribution in [3.05, 3.63) is 11.8 Å². The van der Waals surface area contributed by atoms with Crippen molar-refractivity contribution in [2.45, 2.75) is 45.1 Å². The van der Waals surface area contributed by atoms with Crippen LogP contribution in [0.2, 0.25) is 0 Å². The van der Waals surface area contributed by atoms with Gasteiger partial charge >= 0.3 is 5.97 Å². The number of aromatic nitrogens is 1. The summed E-state index contributed by atoms with van der Waals surface area (Å²) in [5.74, 6) is 0.0401. The first-order valence-corrected chi connectivity index (χ1v) is 9.83. The zero-order valence-electron chi connectivity index (χ0n) is 15.2. The summed E-state index contributed by atoms with van der Waals surface area (Å²) in [5, 5.41) is 6.21. The van der Waals surface area contributed by atoms with Gasteiger partial charge in [-0.25, -0.2) is 0 Å². The van der Waals surface area contributed by atoms with Gasteiger partial charge in [-0.3, -0.25) is 14.4 Å². The zero-order valence-corrected chi connectivity index (χ0v) is 16.0. The minimum atomic E-state index is -0.509. The molecule has 0 bridgehead atoms. The average Bonchev–Trinajstić information content (AvgIpc) is 3.04. The molecule has 1 heterocycles. The van der Waals surface area contributed by atoms with E-state index in [1.54, 1.807) is 24.9 Å². The second kappa shape index (κ2) is 10.2. The van der Waals surface area contributed by atoms with Gasteiger partial charge in [0.1, 0.15) is 5.76 Å². The van der Waals surface area contributed by atoms with Gasteiger partial charge in [-0.1, -0.05) is 24.4 Å². The number of rotatable bonds is 8. The second-order valence-corrected chi connectivity index (χ2v) is 7.31. The summed E-state index contributed by atoms with van der Waals surface area (Å²) in [4.78, 5) is 37.2. The van der Waals surface area contributed by atoms with Crippen LogP contribution in [0.15, 0.2) is 10.6 Å². The molecule has 0 aliphatic heterocycles. The van der Waals surface area contributed by atoms with E-state index in [4.69, 9.17) is 9.26 Å². The molecule has 1 aromatic heterocycles. The molecule has 2 rings (SSSR count). The molecule has 1 aromatic rings. The molecular formula is C17H25N3O5S. The number of ether oxygens (including phenoxy) is 1. The fourth-order valence-electron chi connectivity index (χ4n) is 2.79. The van der Waals surface area contributed by atoms with Crippen molar-refractivity contribution in [1.29, 1.82) is 0 Å². The largest absolute Gasteiger partial charge is 0.455 e. The summed E-state index contributed by atoms with van der Waals surface area (Å²) >= 11 is 1.11. The number of hydrogen-bond donors (Lipinski definition) is 1. The van der Waals surface area contributed by atoms with Gasteiger partial charge in [0.25, 0.3) is 5.91 Å².